The number of alkyl halides is 3. The number of nitriles is 1. The summed E-state index contributed by atoms with van der Waals surface area (Å²) in [5.74, 6) is -1.14. The van der Waals surface area contributed by atoms with Gasteiger partial charge >= 0.3 is 6.18 Å². The van der Waals surface area contributed by atoms with Crippen molar-refractivity contribution in [2.75, 3.05) is 19.6 Å². The van der Waals surface area contributed by atoms with Crippen LogP contribution in [0.1, 0.15) is 59.2 Å². The number of likely N-dealkylation sites (tertiary alicyclic amines) is 1. The van der Waals surface area contributed by atoms with Gasteiger partial charge in [0.15, 0.2) is 0 Å². The van der Waals surface area contributed by atoms with Gasteiger partial charge in [0.1, 0.15) is 0 Å². The highest BCUT2D eigenvalue weighted by Crippen LogP contribution is 2.39. The highest BCUT2D eigenvalue weighted by atomic mass is 19.4. The zero-order chi connectivity index (χ0) is 26.6. The smallest absolute Gasteiger partial charge is 0.385 e. The first kappa shape index (κ1) is 26.6. The maximum absolute atomic E-state index is 12.9. The summed E-state index contributed by atoms with van der Waals surface area (Å²) in [6, 6.07) is 13.4. The minimum absolute atomic E-state index is 0.0858. The molecule has 2 aromatic rings. The first-order valence-corrected chi connectivity index (χ1v) is 12.3. The molecule has 2 aromatic carbocycles. The number of benzene rings is 2. The molecule has 2 fully saturated rings. The fourth-order valence-electron chi connectivity index (χ4n) is 5.20. The highest BCUT2D eigenvalue weighted by Gasteiger charge is 2.38. The molecule has 4 rings (SSSR count). The number of nitrogens with one attached hydrogen (secondary N) is 2. The maximum Gasteiger partial charge on any atom is 0.416 e. The van der Waals surface area contributed by atoms with Gasteiger partial charge in [-0.25, -0.2) is 0 Å². The zero-order valence-corrected chi connectivity index (χ0v) is 20.2. The van der Waals surface area contributed by atoms with E-state index in [1.54, 1.807) is 12.1 Å². The molecule has 0 bridgehead atoms. The van der Waals surface area contributed by atoms with Crippen molar-refractivity contribution in [3.63, 3.8) is 0 Å². The van der Waals surface area contributed by atoms with Gasteiger partial charge in [-0.2, -0.15) is 18.4 Å². The van der Waals surface area contributed by atoms with E-state index in [1.807, 2.05) is 12.1 Å². The molecule has 1 aliphatic carbocycles. The van der Waals surface area contributed by atoms with Crippen LogP contribution in [-0.4, -0.2) is 53.5 Å². The van der Waals surface area contributed by atoms with Gasteiger partial charge < -0.3 is 15.7 Å². The zero-order valence-electron chi connectivity index (χ0n) is 20.2. The minimum atomic E-state index is -4.55. The molecule has 1 atom stereocenters. The quantitative estimate of drug-likeness (QED) is 0.549. The summed E-state index contributed by atoms with van der Waals surface area (Å²) in [4.78, 5) is 26.9. The molecule has 1 saturated carbocycles. The maximum atomic E-state index is 12.9. The summed E-state index contributed by atoms with van der Waals surface area (Å²) >= 11 is 0. The molecule has 1 heterocycles. The van der Waals surface area contributed by atoms with Gasteiger partial charge in [0.2, 0.25) is 5.91 Å². The minimum Gasteiger partial charge on any atom is -0.385 e. The van der Waals surface area contributed by atoms with Crippen LogP contribution in [0.25, 0.3) is 0 Å². The lowest BCUT2D eigenvalue weighted by atomic mass is 9.77. The predicted octanol–water partition coefficient (Wildman–Crippen LogP) is 3.33. The Balaban J connectivity index is 1.21. The van der Waals surface area contributed by atoms with Gasteiger partial charge in [0, 0.05) is 30.7 Å². The van der Waals surface area contributed by atoms with Crippen molar-refractivity contribution >= 4 is 11.8 Å². The molecule has 37 heavy (non-hydrogen) atoms. The van der Waals surface area contributed by atoms with Crippen LogP contribution in [0.3, 0.4) is 0 Å². The Bertz CT molecular complexity index is 1170. The second-order valence-corrected chi connectivity index (χ2v) is 9.76. The van der Waals surface area contributed by atoms with E-state index >= 15 is 0 Å². The molecule has 2 aliphatic rings. The van der Waals surface area contributed by atoms with E-state index in [0.717, 1.165) is 49.6 Å². The number of aliphatic hydroxyl groups is 1. The van der Waals surface area contributed by atoms with Crippen molar-refractivity contribution in [2.24, 2.45) is 0 Å². The van der Waals surface area contributed by atoms with Crippen molar-refractivity contribution in [1.29, 1.82) is 5.26 Å². The topological polar surface area (TPSA) is 105 Å². The van der Waals surface area contributed by atoms with Crippen LogP contribution >= 0.6 is 0 Å². The lowest BCUT2D eigenvalue weighted by molar-refractivity contribution is -0.137. The van der Waals surface area contributed by atoms with Gasteiger partial charge in [0.25, 0.3) is 5.91 Å². The van der Waals surface area contributed by atoms with Gasteiger partial charge in [-0.3, -0.25) is 14.5 Å². The molecule has 2 amide bonds. The van der Waals surface area contributed by atoms with Crippen molar-refractivity contribution < 1.29 is 27.9 Å². The summed E-state index contributed by atoms with van der Waals surface area (Å²) in [7, 11) is 0. The van der Waals surface area contributed by atoms with Gasteiger partial charge in [-0.1, -0.05) is 18.2 Å². The van der Waals surface area contributed by atoms with Crippen molar-refractivity contribution in [3.8, 4) is 6.07 Å². The second kappa shape index (κ2) is 10.9. The van der Waals surface area contributed by atoms with E-state index in [9.17, 15) is 27.9 Å². The number of rotatable bonds is 6. The molecular weight excluding hydrogens is 485 g/mol. The van der Waals surface area contributed by atoms with Crippen LogP contribution in [0.5, 0.6) is 0 Å². The molecule has 0 aromatic heterocycles. The third kappa shape index (κ3) is 6.48. The first-order chi connectivity index (χ1) is 17.6. The van der Waals surface area contributed by atoms with E-state index in [0.29, 0.717) is 31.0 Å². The van der Waals surface area contributed by atoms with Crippen LogP contribution in [0.4, 0.5) is 13.2 Å². The van der Waals surface area contributed by atoms with E-state index in [-0.39, 0.29) is 18.2 Å². The van der Waals surface area contributed by atoms with E-state index in [1.165, 1.54) is 6.07 Å². The summed E-state index contributed by atoms with van der Waals surface area (Å²) in [6.07, 6.45) is -0.960. The standard InChI is InChI=1S/C27H29F3N4O3/c28-27(29,30)21-3-1-2-19(14-21)25(36)32-16-24(35)33-22-10-13-34(17-22)23-8-11-26(37,12-9-23)20-6-4-18(15-31)5-7-20/h1-7,14,22-23,37H,8-13,16-17H2,(H,32,36)(H,33,35). The van der Waals surface area contributed by atoms with Crippen molar-refractivity contribution in [3.05, 3.63) is 70.8 Å². The van der Waals surface area contributed by atoms with Crippen LogP contribution in [-0.2, 0) is 16.6 Å². The number of halogens is 3. The molecule has 0 radical (unpaired) electrons. The normalized spacial score (nSPS) is 24.3. The number of carbonyl (C=O) groups excluding carboxylic acids is 2. The lowest BCUT2D eigenvalue weighted by Crippen LogP contribution is -2.45. The Morgan fingerprint density at radius 3 is 2.46 bits per heavy atom. The number of hydrogen-bond donors (Lipinski definition) is 3. The number of hydrogen-bond acceptors (Lipinski definition) is 5. The molecule has 7 nitrogen and oxygen atoms in total. The summed E-state index contributed by atoms with van der Waals surface area (Å²) in [5.41, 5.74) is -0.609. The number of amides is 2. The van der Waals surface area contributed by atoms with Crippen LogP contribution in [0.2, 0.25) is 0 Å². The monoisotopic (exact) mass is 514 g/mol. The summed E-state index contributed by atoms with van der Waals surface area (Å²) in [6.45, 7) is 1.14. The molecule has 1 aliphatic heterocycles. The average Bonchev–Trinajstić information content (AvgIpc) is 3.35. The summed E-state index contributed by atoms with van der Waals surface area (Å²) < 4.78 is 38.6. The number of nitrogens with zero attached hydrogens (tertiary/aromatic N) is 2. The second-order valence-electron chi connectivity index (χ2n) is 9.76. The Morgan fingerprint density at radius 2 is 1.81 bits per heavy atom. The van der Waals surface area contributed by atoms with Crippen LogP contribution in [0, 0.1) is 11.3 Å². The highest BCUT2D eigenvalue weighted by molar-refractivity contribution is 5.96. The molecular formula is C27H29F3N4O3. The Hall–Kier alpha value is -3.42. The van der Waals surface area contributed by atoms with Gasteiger partial charge in [-0.15, -0.1) is 0 Å². The first-order valence-electron chi connectivity index (χ1n) is 12.3. The van der Waals surface area contributed by atoms with Crippen molar-refractivity contribution in [1.82, 2.24) is 15.5 Å². The van der Waals surface area contributed by atoms with E-state index in [2.05, 4.69) is 21.6 Å². The Kier molecular flexibility index (Phi) is 7.85. The SMILES string of the molecule is N#Cc1ccc(C2(O)CCC(N3CCC(NC(=O)CNC(=O)c4cccc(C(F)(F)F)c4)C3)CC2)cc1. The van der Waals surface area contributed by atoms with E-state index < -0.39 is 29.2 Å². The predicted molar refractivity (Wildman–Crippen MR) is 129 cm³/mol. The average molecular weight is 515 g/mol. The molecule has 3 N–H and O–H groups in total. The molecule has 10 heteroatoms. The summed E-state index contributed by atoms with van der Waals surface area (Å²) in [5, 5.41) is 25.4. The van der Waals surface area contributed by atoms with Gasteiger partial charge in [-0.05, 0) is 68.0 Å². The molecule has 1 saturated heterocycles. The van der Waals surface area contributed by atoms with Gasteiger partial charge in [0.05, 0.1) is 29.3 Å². The Morgan fingerprint density at radius 1 is 1.11 bits per heavy atom. The van der Waals surface area contributed by atoms with Crippen LogP contribution in [0.15, 0.2) is 48.5 Å². The third-order valence-corrected chi connectivity index (χ3v) is 7.30. The third-order valence-electron chi connectivity index (χ3n) is 7.30. The molecule has 196 valence electrons. The fourth-order valence-corrected chi connectivity index (χ4v) is 5.20. The van der Waals surface area contributed by atoms with Crippen molar-refractivity contribution in [2.45, 2.75) is 56.0 Å². The fraction of sp³-hybridized carbons (Fsp3) is 0.444. The number of carbonyl (C=O) groups is 2. The lowest BCUT2D eigenvalue weighted by Gasteiger charge is -2.40. The van der Waals surface area contributed by atoms with E-state index in [4.69, 9.17) is 5.26 Å². The van der Waals surface area contributed by atoms with Crippen LogP contribution < -0.4 is 10.6 Å². The largest absolute Gasteiger partial charge is 0.416 e. The Labute approximate surface area is 213 Å². The molecule has 0 spiro atoms. The molecule has 1 unspecified atom stereocenters.